The first kappa shape index (κ1) is 23.2. The number of methoxy groups -OCH3 is 1. The van der Waals surface area contributed by atoms with Gasteiger partial charge in [0.1, 0.15) is 5.75 Å². The average Bonchev–Trinajstić information content (AvgIpc) is 2.94. The average molecular weight is 426 g/mol. The SMILES string of the molecule is COc1ccc(S(=O)(=O)N2CCCCCC2)cc1C(=O)NCC(=O)NC(C)(C)C. The van der Waals surface area contributed by atoms with Crippen LogP contribution in [0, 0.1) is 0 Å². The van der Waals surface area contributed by atoms with Gasteiger partial charge >= 0.3 is 0 Å². The molecule has 1 aromatic carbocycles. The van der Waals surface area contributed by atoms with Gasteiger partial charge in [0.25, 0.3) is 5.91 Å². The van der Waals surface area contributed by atoms with E-state index in [-0.39, 0.29) is 28.7 Å². The number of nitrogens with one attached hydrogen (secondary N) is 2. The fraction of sp³-hybridized carbons (Fsp3) is 0.600. The van der Waals surface area contributed by atoms with E-state index in [0.29, 0.717) is 13.1 Å². The van der Waals surface area contributed by atoms with Gasteiger partial charge in [0.05, 0.1) is 24.1 Å². The summed E-state index contributed by atoms with van der Waals surface area (Å²) in [4.78, 5) is 24.6. The van der Waals surface area contributed by atoms with Crippen LogP contribution in [-0.4, -0.2) is 56.8 Å². The zero-order valence-corrected chi connectivity index (χ0v) is 18.4. The smallest absolute Gasteiger partial charge is 0.255 e. The van der Waals surface area contributed by atoms with Crippen LogP contribution in [0.2, 0.25) is 0 Å². The Morgan fingerprint density at radius 2 is 1.72 bits per heavy atom. The molecule has 1 fully saturated rings. The van der Waals surface area contributed by atoms with Gasteiger partial charge in [-0.05, 0) is 51.8 Å². The molecule has 0 bridgehead atoms. The third-order valence-corrected chi connectivity index (χ3v) is 6.44. The fourth-order valence-electron chi connectivity index (χ4n) is 3.17. The summed E-state index contributed by atoms with van der Waals surface area (Å²) >= 11 is 0. The second kappa shape index (κ2) is 9.58. The molecule has 1 aromatic rings. The first-order valence-electron chi connectivity index (χ1n) is 9.82. The Balaban J connectivity index is 2.21. The number of rotatable bonds is 6. The number of carbonyl (C=O) groups is 2. The predicted octanol–water partition coefficient (Wildman–Crippen LogP) is 1.90. The van der Waals surface area contributed by atoms with E-state index in [0.717, 1.165) is 25.7 Å². The molecule has 8 nitrogen and oxygen atoms in total. The van der Waals surface area contributed by atoms with Crippen LogP contribution < -0.4 is 15.4 Å². The summed E-state index contributed by atoms with van der Waals surface area (Å²) in [6, 6.07) is 4.23. The van der Waals surface area contributed by atoms with Gasteiger partial charge in [-0.1, -0.05) is 12.8 Å². The van der Waals surface area contributed by atoms with E-state index in [1.54, 1.807) is 0 Å². The van der Waals surface area contributed by atoms with Crippen LogP contribution in [0.1, 0.15) is 56.8 Å². The Morgan fingerprint density at radius 3 is 2.28 bits per heavy atom. The molecule has 0 spiro atoms. The largest absolute Gasteiger partial charge is 0.496 e. The van der Waals surface area contributed by atoms with Crippen LogP contribution >= 0.6 is 0 Å². The lowest BCUT2D eigenvalue weighted by molar-refractivity contribution is -0.121. The Labute approximate surface area is 173 Å². The van der Waals surface area contributed by atoms with Crippen molar-refractivity contribution in [2.24, 2.45) is 0 Å². The molecule has 29 heavy (non-hydrogen) atoms. The Bertz CT molecular complexity index is 838. The molecule has 2 amide bonds. The summed E-state index contributed by atoms with van der Waals surface area (Å²) in [6.45, 7) is 6.25. The van der Waals surface area contributed by atoms with Gasteiger partial charge in [0.2, 0.25) is 15.9 Å². The van der Waals surface area contributed by atoms with Crippen molar-refractivity contribution in [3.8, 4) is 5.75 Å². The standard InChI is InChI=1S/C20H31N3O5S/c1-20(2,3)22-18(24)14-21-19(25)16-13-15(9-10-17(16)28-4)29(26,27)23-11-7-5-6-8-12-23/h9-10,13H,5-8,11-12,14H2,1-4H3,(H,21,25)(H,22,24). The van der Waals surface area contributed by atoms with Gasteiger partial charge < -0.3 is 15.4 Å². The molecule has 2 N–H and O–H groups in total. The molecule has 1 saturated heterocycles. The Morgan fingerprint density at radius 1 is 1.10 bits per heavy atom. The van der Waals surface area contributed by atoms with Gasteiger partial charge in [-0.25, -0.2) is 8.42 Å². The first-order chi connectivity index (χ1) is 13.5. The highest BCUT2D eigenvalue weighted by Gasteiger charge is 2.27. The maximum absolute atomic E-state index is 13.0. The van der Waals surface area contributed by atoms with Gasteiger partial charge in [0, 0.05) is 18.6 Å². The lowest BCUT2D eigenvalue weighted by Gasteiger charge is -2.21. The zero-order chi connectivity index (χ0) is 21.7. The molecular formula is C20H31N3O5S. The van der Waals surface area contributed by atoms with E-state index in [9.17, 15) is 18.0 Å². The quantitative estimate of drug-likeness (QED) is 0.724. The second-order valence-corrected chi connectivity index (χ2v) is 10.1. The molecule has 0 saturated carbocycles. The lowest BCUT2D eigenvalue weighted by Crippen LogP contribution is -2.45. The van der Waals surface area contributed by atoms with Gasteiger partial charge in [-0.2, -0.15) is 4.31 Å². The topological polar surface area (TPSA) is 105 Å². The van der Waals surface area contributed by atoms with E-state index in [1.807, 2.05) is 20.8 Å². The van der Waals surface area contributed by atoms with Crippen molar-refractivity contribution < 1.29 is 22.7 Å². The van der Waals surface area contributed by atoms with Gasteiger partial charge in [0.15, 0.2) is 0 Å². The van der Waals surface area contributed by atoms with E-state index >= 15 is 0 Å². The summed E-state index contributed by atoms with van der Waals surface area (Å²) in [5, 5.41) is 5.28. The number of ether oxygens (including phenoxy) is 1. The molecule has 0 aromatic heterocycles. The minimum atomic E-state index is -3.70. The van der Waals surface area contributed by atoms with Crippen molar-refractivity contribution in [2.75, 3.05) is 26.7 Å². The van der Waals surface area contributed by atoms with Crippen LogP contribution in [0.25, 0.3) is 0 Å². The minimum absolute atomic E-state index is 0.0458. The van der Waals surface area contributed by atoms with Gasteiger partial charge in [-0.15, -0.1) is 0 Å². The molecule has 0 aliphatic carbocycles. The summed E-state index contributed by atoms with van der Waals surface area (Å²) < 4.78 is 32.7. The molecule has 1 aliphatic rings. The van der Waals surface area contributed by atoms with Gasteiger partial charge in [-0.3, -0.25) is 9.59 Å². The number of sulfonamides is 1. The molecular weight excluding hydrogens is 394 g/mol. The fourth-order valence-corrected chi connectivity index (χ4v) is 4.72. The predicted molar refractivity (Wildman–Crippen MR) is 110 cm³/mol. The van der Waals surface area contributed by atoms with E-state index in [1.165, 1.54) is 29.6 Å². The van der Waals surface area contributed by atoms with Crippen molar-refractivity contribution in [1.82, 2.24) is 14.9 Å². The van der Waals surface area contributed by atoms with Crippen molar-refractivity contribution in [2.45, 2.75) is 56.9 Å². The van der Waals surface area contributed by atoms with Crippen molar-refractivity contribution in [1.29, 1.82) is 0 Å². The molecule has 9 heteroatoms. The molecule has 0 atom stereocenters. The number of hydrogen-bond donors (Lipinski definition) is 2. The van der Waals surface area contributed by atoms with Crippen LogP contribution in [0.4, 0.5) is 0 Å². The first-order valence-corrected chi connectivity index (χ1v) is 11.3. The van der Waals surface area contributed by atoms with Crippen LogP contribution in [0.15, 0.2) is 23.1 Å². The number of nitrogens with zero attached hydrogens (tertiary/aromatic N) is 1. The van der Waals surface area contributed by atoms with Crippen LogP contribution in [-0.2, 0) is 14.8 Å². The highest BCUT2D eigenvalue weighted by Crippen LogP contribution is 2.26. The summed E-state index contributed by atoms with van der Waals surface area (Å²) in [6.07, 6.45) is 3.68. The number of carbonyl (C=O) groups excluding carboxylic acids is 2. The molecule has 2 rings (SSSR count). The Hall–Kier alpha value is -2.13. The van der Waals surface area contributed by atoms with Crippen LogP contribution in [0.3, 0.4) is 0 Å². The maximum Gasteiger partial charge on any atom is 0.255 e. The van der Waals surface area contributed by atoms with E-state index in [4.69, 9.17) is 4.74 Å². The van der Waals surface area contributed by atoms with E-state index in [2.05, 4.69) is 10.6 Å². The molecule has 162 valence electrons. The van der Waals surface area contributed by atoms with E-state index < -0.39 is 21.5 Å². The monoisotopic (exact) mass is 425 g/mol. The maximum atomic E-state index is 13.0. The third kappa shape index (κ3) is 6.43. The normalized spacial score (nSPS) is 16.0. The number of benzene rings is 1. The highest BCUT2D eigenvalue weighted by atomic mass is 32.2. The molecule has 0 unspecified atom stereocenters. The molecule has 1 aliphatic heterocycles. The summed E-state index contributed by atoms with van der Waals surface area (Å²) in [5.74, 6) is -0.662. The van der Waals surface area contributed by atoms with Crippen molar-refractivity contribution >= 4 is 21.8 Å². The number of hydrogen-bond acceptors (Lipinski definition) is 5. The summed E-state index contributed by atoms with van der Waals surface area (Å²) in [5.41, 5.74) is -0.340. The Kier molecular flexibility index (Phi) is 7.65. The lowest BCUT2D eigenvalue weighted by atomic mass is 10.1. The number of amides is 2. The molecule has 0 radical (unpaired) electrons. The highest BCUT2D eigenvalue weighted by molar-refractivity contribution is 7.89. The van der Waals surface area contributed by atoms with Crippen LogP contribution in [0.5, 0.6) is 5.75 Å². The van der Waals surface area contributed by atoms with Crippen molar-refractivity contribution in [3.63, 3.8) is 0 Å². The second-order valence-electron chi connectivity index (χ2n) is 8.16. The minimum Gasteiger partial charge on any atom is -0.496 e. The van der Waals surface area contributed by atoms with Crippen molar-refractivity contribution in [3.05, 3.63) is 23.8 Å². The zero-order valence-electron chi connectivity index (χ0n) is 17.6. The summed E-state index contributed by atoms with van der Waals surface area (Å²) in [7, 11) is -2.30. The molecule has 1 heterocycles. The third-order valence-electron chi connectivity index (χ3n) is 4.54.